The van der Waals surface area contributed by atoms with E-state index in [1.165, 1.54) is 11.1 Å². The van der Waals surface area contributed by atoms with Crippen LogP contribution in [0.3, 0.4) is 0 Å². The number of anilines is 1. The van der Waals surface area contributed by atoms with Gasteiger partial charge in [-0.3, -0.25) is 4.79 Å². The first-order valence-electron chi connectivity index (χ1n) is 10.7. The second-order valence-electron chi connectivity index (χ2n) is 7.81. The van der Waals surface area contributed by atoms with Crippen molar-refractivity contribution in [3.05, 3.63) is 101 Å². The molecule has 3 rings (SSSR count). The lowest BCUT2D eigenvalue weighted by Crippen LogP contribution is -2.31. The number of hydrogen-bond acceptors (Lipinski definition) is 2. The van der Waals surface area contributed by atoms with Crippen LogP contribution >= 0.6 is 0 Å². The normalized spacial score (nSPS) is 10.6. The van der Waals surface area contributed by atoms with Gasteiger partial charge in [-0.25, -0.2) is 4.79 Å². The van der Waals surface area contributed by atoms with Crippen molar-refractivity contribution in [1.82, 2.24) is 0 Å². The third-order valence-corrected chi connectivity index (χ3v) is 5.46. The minimum Gasteiger partial charge on any atom is -0.478 e. The molecule has 0 spiro atoms. The van der Waals surface area contributed by atoms with Gasteiger partial charge in [-0.2, -0.15) is 0 Å². The number of benzene rings is 3. The van der Waals surface area contributed by atoms with Crippen LogP contribution in [0.4, 0.5) is 5.69 Å². The van der Waals surface area contributed by atoms with Crippen LogP contribution in [-0.2, 0) is 24.2 Å². The van der Waals surface area contributed by atoms with Crippen molar-refractivity contribution in [2.45, 2.75) is 46.1 Å². The number of nitrogens with zero attached hydrogens (tertiary/aromatic N) is 1. The second-order valence-corrected chi connectivity index (χ2v) is 7.81. The van der Waals surface area contributed by atoms with Gasteiger partial charge in [-0.05, 0) is 61.1 Å². The molecule has 0 radical (unpaired) electrons. The number of rotatable bonds is 9. The van der Waals surface area contributed by atoms with Crippen LogP contribution in [-0.4, -0.2) is 17.0 Å². The quantitative estimate of drug-likeness (QED) is 0.480. The fraction of sp³-hybridized carbons (Fsp3) is 0.259. The number of carbonyl (C=O) groups is 2. The molecular weight excluding hydrogens is 386 g/mol. The van der Waals surface area contributed by atoms with E-state index >= 15 is 0 Å². The number of carboxylic acid groups (broad SMARTS) is 1. The van der Waals surface area contributed by atoms with Crippen LogP contribution in [0.1, 0.15) is 52.4 Å². The SMILES string of the molecule is CCc1ccccc1N(Cc1cccc(C(=O)O)c1)C(=O)CCCc1ccc(C)cc1. The Hall–Kier alpha value is -3.40. The number of aryl methyl sites for hydroxylation is 3. The number of carboxylic acids is 1. The Bertz CT molecular complexity index is 1040. The summed E-state index contributed by atoms with van der Waals surface area (Å²) in [6, 6.07) is 23.1. The van der Waals surface area contributed by atoms with E-state index in [4.69, 9.17) is 0 Å². The van der Waals surface area contributed by atoms with Crippen LogP contribution in [0.2, 0.25) is 0 Å². The van der Waals surface area contributed by atoms with Crippen molar-refractivity contribution < 1.29 is 14.7 Å². The molecule has 0 fully saturated rings. The van der Waals surface area contributed by atoms with E-state index in [2.05, 4.69) is 38.1 Å². The molecule has 4 heteroatoms. The molecule has 0 bridgehead atoms. The molecule has 3 aromatic carbocycles. The van der Waals surface area contributed by atoms with Crippen LogP contribution in [0, 0.1) is 6.92 Å². The van der Waals surface area contributed by atoms with Gasteiger partial charge in [0.15, 0.2) is 0 Å². The molecule has 0 saturated carbocycles. The molecule has 0 saturated heterocycles. The van der Waals surface area contributed by atoms with Gasteiger partial charge in [0.05, 0.1) is 12.1 Å². The van der Waals surface area contributed by atoms with Crippen LogP contribution in [0.5, 0.6) is 0 Å². The first kappa shape index (κ1) is 22.3. The fourth-order valence-corrected chi connectivity index (χ4v) is 3.70. The van der Waals surface area contributed by atoms with Gasteiger partial charge in [0.25, 0.3) is 0 Å². The zero-order chi connectivity index (χ0) is 22.2. The Morgan fingerprint density at radius 1 is 0.903 bits per heavy atom. The zero-order valence-corrected chi connectivity index (χ0v) is 18.2. The molecule has 4 nitrogen and oxygen atoms in total. The number of para-hydroxylation sites is 1. The molecule has 1 amide bonds. The van der Waals surface area contributed by atoms with E-state index in [1.54, 1.807) is 23.1 Å². The fourth-order valence-electron chi connectivity index (χ4n) is 3.70. The summed E-state index contributed by atoms with van der Waals surface area (Å²) in [5.41, 5.74) is 5.49. The maximum absolute atomic E-state index is 13.3. The van der Waals surface area contributed by atoms with Gasteiger partial charge in [-0.1, -0.05) is 67.1 Å². The molecule has 0 unspecified atom stereocenters. The standard InChI is InChI=1S/C27H29NO3/c1-3-23-10-4-5-12-25(23)28(19-22-9-6-11-24(18-22)27(30)31)26(29)13-7-8-21-16-14-20(2)15-17-21/h4-6,9-12,14-18H,3,7-8,13,19H2,1-2H3,(H,30,31). The zero-order valence-electron chi connectivity index (χ0n) is 18.2. The maximum atomic E-state index is 13.3. The molecule has 0 aliphatic carbocycles. The summed E-state index contributed by atoms with van der Waals surface area (Å²) in [5.74, 6) is -0.916. The van der Waals surface area contributed by atoms with Crippen LogP contribution in [0.25, 0.3) is 0 Å². The molecule has 31 heavy (non-hydrogen) atoms. The highest BCUT2D eigenvalue weighted by molar-refractivity contribution is 5.94. The van der Waals surface area contributed by atoms with E-state index in [0.29, 0.717) is 13.0 Å². The predicted octanol–water partition coefficient (Wildman–Crippen LogP) is 5.81. The van der Waals surface area contributed by atoms with Gasteiger partial charge in [0.2, 0.25) is 5.91 Å². The molecule has 0 aliphatic heterocycles. The maximum Gasteiger partial charge on any atom is 0.335 e. The Balaban J connectivity index is 1.79. The van der Waals surface area contributed by atoms with Gasteiger partial charge in [0, 0.05) is 12.1 Å². The molecule has 0 atom stereocenters. The van der Waals surface area contributed by atoms with E-state index in [0.717, 1.165) is 36.1 Å². The van der Waals surface area contributed by atoms with E-state index in [-0.39, 0.29) is 11.5 Å². The van der Waals surface area contributed by atoms with Gasteiger partial charge >= 0.3 is 5.97 Å². The van der Waals surface area contributed by atoms with Gasteiger partial charge in [-0.15, -0.1) is 0 Å². The van der Waals surface area contributed by atoms with Crippen molar-refractivity contribution in [2.24, 2.45) is 0 Å². The molecule has 1 N–H and O–H groups in total. The first-order chi connectivity index (χ1) is 15.0. The summed E-state index contributed by atoms with van der Waals surface area (Å²) in [6.07, 6.45) is 2.87. The third-order valence-electron chi connectivity index (χ3n) is 5.46. The molecule has 0 aromatic heterocycles. The topological polar surface area (TPSA) is 57.6 Å². The van der Waals surface area contributed by atoms with Crippen molar-refractivity contribution in [3.8, 4) is 0 Å². The predicted molar refractivity (Wildman–Crippen MR) is 125 cm³/mol. The molecule has 160 valence electrons. The highest BCUT2D eigenvalue weighted by atomic mass is 16.4. The van der Waals surface area contributed by atoms with Crippen LogP contribution in [0.15, 0.2) is 72.8 Å². The number of carbonyl (C=O) groups excluding carboxylic acids is 1. The highest BCUT2D eigenvalue weighted by Crippen LogP contribution is 2.25. The molecule has 0 heterocycles. The smallest absolute Gasteiger partial charge is 0.335 e. The Morgan fingerprint density at radius 2 is 1.65 bits per heavy atom. The van der Waals surface area contributed by atoms with Crippen LogP contribution < -0.4 is 4.90 Å². The van der Waals surface area contributed by atoms with E-state index < -0.39 is 5.97 Å². The largest absolute Gasteiger partial charge is 0.478 e. The summed E-state index contributed by atoms with van der Waals surface area (Å²) in [5, 5.41) is 9.31. The van der Waals surface area contributed by atoms with Crippen molar-refractivity contribution >= 4 is 17.6 Å². The summed E-state index contributed by atoms with van der Waals surface area (Å²) >= 11 is 0. The van der Waals surface area contributed by atoms with Crippen molar-refractivity contribution in [1.29, 1.82) is 0 Å². The number of amides is 1. The Kier molecular flexibility index (Phi) is 7.60. The second kappa shape index (κ2) is 10.6. The average molecular weight is 416 g/mol. The number of aromatic carboxylic acids is 1. The summed E-state index contributed by atoms with van der Waals surface area (Å²) in [7, 11) is 0. The third kappa shape index (κ3) is 6.05. The highest BCUT2D eigenvalue weighted by Gasteiger charge is 2.19. The lowest BCUT2D eigenvalue weighted by atomic mass is 10.0. The molecule has 3 aromatic rings. The van der Waals surface area contributed by atoms with E-state index in [9.17, 15) is 14.7 Å². The average Bonchev–Trinajstić information content (AvgIpc) is 2.79. The minimum absolute atomic E-state index is 0.0498. The first-order valence-corrected chi connectivity index (χ1v) is 10.7. The summed E-state index contributed by atoms with van der Waals surface area (Å²) < 4.78 is 0. The van der Waals surface area contributed by atoms with Crippen molar-refractivity contribution in [2.75, 3.05) is 4.90 Å². The summed E-state index contributed by atoms with van der Waals surface area (Å²) in [6.45, 7) is 4.49. The monoisotopic (exact) mass is 415 g/mol. The Labute approximate surface area is 184 Å². The lowest BCUT2D eigenvalue weighted by Gasteiger charge is -2.25. The summed E-state index contributed by atoms with van der Waals surface area (Å²) in [4.78, 5) is 26.4. The van der Waals surface area contributed by atoms with E-state index in [1.807, 2.05) is 30.3 Å². The molecule has 0 aliphatic rings. The molecular formula is C27H29NO3. The van der Waals surface area contributed by atoms with Gasteiger partial charge in [0.1, 0.15) is 0 Å². The van der Waals surface area contributed by atoms with Gasteiger partial charge < -0.3 is 10.0 Å². The van der Waals surface area contributed by atoms with Crippen molar-refractivity contribution in [3.63, 3.8) is 0 Å². The lowest BCUT2D eigenvalue weighted by molar-refractivity contribution is -0.118. The number of hydrogen-bond donors (Lipinski definition) is 1. The Morgan fingerprint density at radius 3 is 2.35 bits per heavy atom. The minimum atomic E-state index is -0.966.